The van der Waals surface area contributed by atoms with Gasteiger partial charge in [-0.3, -0.25) is 14.7 Å². The van der Waals surface area contributed by atoms with Crippen LogP contribution < -0.4 is 0 Å². The van der Waals surface area contributed by atoms with Crippen molar-refractivity contribution in [3.05, 3.63) is 15.9 Å². The van der Waals surface area contributed by atoms with E-state index in [-0.39, 0.29) is 11.8 Å². The molecular formula is C12H17BrN4O2. The number of nitrogens with zero attached hydrogens (tertiary/aromatic N) is 3. The number of carbonyl (C=O) groups is 2. The van der Waals surface area contributed by atoms with Crippen molar-refractivity contribution in [2.75, 3.05) is 26.2 Å². The highest BCUT2D eigenvalue weighted by Gasteiger charge is 2.25. The number of halogens is 1. The molecule has 0 unspecified atom stereocenters. The fraction of sp³-hybridized carbons (Fsp3) is 0.583. The zero-order chi connectivity index (χ0) is 14.0. The number of nitrogens with one attached hydrogen (secondary N) is 1. The maximum absolute atomic E-state index is 12.4. The number of hydrogen-bond acceptors (Lipinski definition) is 3. The average molecular weight is 329 g/mol. The Labute approximate surface area is 120 Å². The van der Waals surface area contributed by atoms with E-state index in [4.69, 9.17) is 0 Å². The number of H-pyrrole nitrogens is 1. The van der Waals surface area contributed by atoms with Crippen molar-refractivity contribution < 1.29 is 9.59 Å². The van der Waals surface area contributed by atoms with Crippen LogP contribution in [-0.4, -0.2) is 58.0 Å². The molecule has 0 radical (unpaired) electrons. The molecule has 1 fully saturated rings. The van der Waals surface area contributed by atoms with Gasteiger partial charge in [-0.25, -0.2) is 0 Å². The predicted octanol–water partition coefficient (Wildman–Crippen LogP) is 1.18. The van der Waals surface area contributed by atoms with E-state index in [0.717, 1.165) is 12.1 Å². The third-order valence-corrected chi connectivity index (χ3v) is 4.27. The number of aromatic amines is 1. The van der Waals surface area contributed by atoms with Gasteiger partial charge in [0.1, 0.15) is 0 Å². The Kier molecular flexibility index (Phi) is 4.24. The lowest BCUT2D eigenvalue weighted by atomic mass is 10.3. The van der Waals surface area contributed by atoms with E-state index in [2.05, 4.69) is 26.1 Å². The summed E-state index contributed by atoms with van der Waals surface area (Å²) in [6.45, 7) is 5.92. The second kappa shape index (κ2) is 5.73. The van der Waals surface area contributed by atoms with Gasteiger partial charge in [-0.2, -0.15) is 5.10 Å². The molecule has 0 aromatic carbocycles. The maximum atomic E-state index is 12.4. The van der Waals surface area contributed by atoms with Gasteiger partial charge in [0.2, 0.25) is 5.91 Å². The van der Waals surface area contributed by atoms with E-state index < -0.39 is 0 Å². The molecule has 0 saturated carbocycles. The van der Waals surface area contributed by atoms with E-state index in [1.54, 1.807) is 16.7 Å². The minimum atomic E-state index is -0.0957. The Bertz CT molecular complexity index is 500. The summed E-state index contributed by atoms with van der Waals surface area (Å²) in [5.74, 6) is -0.0345. The zero-order valence-electron chi connectivity index (χ0n) is 11.1. The summed E-state index contributed by atoms with van der Waals surface area (Å²) < 4.78 is 0.713. The molecule has 1 saturated heterocycles. The monoisotopic (exact) mass is 328 g/mol. The van der Waals surface area contributed by atoms with E-state index in [9.17, 15) is 9.59 Å². The molecule has 1 aromatic rings. The van der Waals surface area contributed by atoms with Crippen LogP contribution in [0.1, 0.15) is 29.5 Å². The number of aromatic nitrogens is 2. The molecule has 1 aliphatic rings. The highest BCUT2D eigenvalue weighted by atomic mass is 79.9. The molecule has 7 heteroatoms. The largest absolute Gasteiger partial charge is 0.341 e. The minimum absolute atomic E-state index is 0.0612. The Morgan fingerprint density at radius 3 is 2.42 bits per heavy atom. The van der Waals surface area contributed by atoms with Crippen LogP contribution in [0.4, 0.5) is 0 Å². The first-order valence-electron chi connectivity index (χ1n) is 6.26. The first-order valence-corrected chi connectivity index (χ1v) is 7.05. The molecule has 1 aromatic heterocycles. The van der Waals surface area contributed by atoms with Crippen LogP contribution in [0, 0.1) is 6.92 Å². The number of aryl methyl sites for hydroxylation is 1. The SMILES string of the molecule is CC(=O)N1CCCN(C(=O)c2n[nH]c(C)c2Br)CC1. The Morgan fingerprint density at radius 2 is 1.84 bits per heavy atom. The molecule has 1 N–H and O–H groups in total. The summed E-state index contributed by atoms with van der Waals surface area (Å²) in [6.07, 6.45) is 0.798. The van der Waals surface area contributed by atoms with Gasteiger partial charge in [0, 0.05) is 38.8 Å². The van der Waals surface area contributed by atoms with Gasteiger partial charge >= 0.3 is 0 Å². The van der Waals surface area contributed by atoms with Gasteiger partial charge < -0.3 is 9.80 Å². The summed E-state index contributed by atoms with van der Waals surface area (Å²) in [4.78, 5) is 27.3. The van der Waals surface area contributed by atoms with Crippen molar-refractivity contribution in [2.24, 2.45) is 0 Å². The molecule has 1 aliphatic heterocycles. The summed E-state index contributed by atoms with van der Waals surface area (Å²) in [7, 11) is 0. The van der Waals surface area contributed by atoms with Crippen LogP contribution in [0.3, 0.4) is 0 Å². The minimum Gasteiger partial charge on any atom is -0.341 e. The summed E-state index contributed by atoms with van der Waals surface area (Å²) in [6, 6.07) is 0. The van der Waals surface area contributed by atoms with Crippen molar-refractivity contribution >= 4 is 27.7 Å². The normalized spacial score (nSPS) is 16.4. The first kappa shape index (κ1) is 14.0. The maximum Gasteiger partial charge on any atom is 0.275 e. The Balaban J connectivity index is 2.08. The molecular weight excluding hydrogens is 312 g/mol. The van der Waals surface area contributed by atoms with Crippen molar-refractivity contribution in [1.29, 1.82) is 0 Å². The molecule has 2 amide bonds. The number of amides is 2. The number of hydrogen-bond donors (Lipinski definition) is 1. The van der Waals surface area contributed by atoms with Crippen LogP contribution in [0.2, 0.25) is 0 Å². The van der Waals surface area contributed by atoms with E-state index in [1.165, 1.54) is 0 Å². The molecule has 2 rings (SSSR count). The van der Waals surface area contributed by atoms with Crippen LogP contribution >= 0.6 is 15.9 Å². The van der Waals surface area contributed by atoms with Gasteiger partial charge in [0.25, 0.3) is 5.91 Å². The van der Waals surface area contributed by atoms with E-state index in [0.29, 0.717) is 36.3 Å². The smallest absolute Gasteiger partial charge is 0.275 e. The third-order valence-electron chi connectivity index (χ3n) is 3.30. The molecule has 6 nitrogen and oxygen atoms in total. The van der Waals surface area contributed by atoms with Crippen LogP contribution in [0.15, 0.2) is 4.47 Å². The molecule has 0 bridgehead atoms. The van der Waals surface area contributed by atoms with Gasteiger partial charge in [-0.1, -0.05) is 0 Å². The van der Waals surface area contributed by atoms with E-state index >= 15 is 0 Å². The van der Waals surface area contributed by atoms with Crippen molar-refractivity contribution in [3.63, 3.8) is 0 Å². The predicted molar refractivity (Wildman–Crippen MR) is 73.8 cm³/mol. The van der Waals surface area contributed by atoms with Gasteiger partial charge in [0.05, 0.1) is 4.47 Å². The van der Waals surface area contributed by atoms with E-state index in [1.807, 2.05) is 6.92 Å². The van der Waals surface area contributed by atoms with Gasteiger partial charge in [0.15, 0.2) is 5.69 Å². The van der Waals surface area contributed by atoms with Crippen LogP contribution in [0.5, 0.6) is 0 Å². The Morgan fingerprint density at radius 1 is 1.21 bits per heavy atom. The second-order valence-corrected chi connectivity index (χ2v) is 5.46. The van der Waals surface area contributed by atoms with Gasteiger partial charge in [-0.15, -0.1) is 0 Å². The molecule has 104 valence electrons. The quantitative estimate of drug-likeness (QED) is 0.841. The lowest BCUT2D eigenvalue weighted by Crippen LogP contribution is -2.36. The molecule has 2 heterocycles. The fourth-order valence-electron chi connectivity index (χ4n) is 2.14. The van der Waals surface area contributed by atoms with Gasteiger partial charge in [-0.05, 0) is 29.3 Å². The summed E-state index contributed by atoms with van der Waals surface area (Å²) in [5.41, 5.74) is 1.25. The highest BCUT2D eigenvalue weighted by Crippen LogP contribution is 2.20. The van der Waals surface area contributed by atoms with Crippen LogP contribution in [-0.2, 0) is 4.79 Å². The zero-order valence-corrected chi connectivity index (χ0v) is 12.7. The lowest BCUT2D eigenvalue weighted by Gasteiger charge is -2.20. The average Bonchev–Trinajstić information content (AvgIpc) is 2.60. The third kappa shape index (κ3) is 2.97. The summed E-state index contributed by atoms with van der Waals surface area (Å²) >= 11 is 3.37. The lowest BCUT2D eigenvalue weighted by molar-refractivity contribution is -0.128. The summed E-state index contributed by atoms with van der Waals surface area (Å²) in [5, 5.41) is 6.82. The number of rotatable bonds is 1. The number of carbonyl (C=O) groups excluding carboxylic acids is 2. The topological polar surface area (TPSA) is 69.3 Å². The van der Waals surface area contributed by atoms with Crippen molar-refractivity contribution in [2.45, 2.75) is 20.3 Å². The van der Waals surface area contributed by atoms with Crippen LogP contribution in [0.25, 0.3) is 0 Å². The standard InChI is InChI=1S/C12H17BrN4O2/c1-8-10(13)11(15-14-8)12(19)17-5-3-4-16(6-7-17)9(2)18/h3-7H2,1-2H3,(H,14,15). The molecule has 19 heavy (non-hydrogen) atoms. The second-order valence-electron chi connectivity index (χ2n) is 4.66. The fourth-order valence-corrected chi connectivity index (χ4v) is 2.49. The molecule has 0 aliphatic carbocycles. The Hall–Kier alpha value is -1.37. The highest BCUT2D eigenvalue weighted by molar-refractivity contribution is 9.10. The van der Waals surface area contributed by atoms with Crippen molar-refractivity contribution in [3.8, 4) is 0 Å². The first-order chi connectivity index (χ1) is 9.00. The molecule has 0 atom stereocenters. The van der Waals surface area contributed by atoms with Crippen molar-refractivity contribution in [1.82, 2.24) is 20.0 Å². The molecule has 0 spiro atoms.